The average molecular weight is 394 g/mol. The van der Waals surface area contributed by atoms with Crippen LogP contribution in [0.4, 0.5) is 0 Å². The molecule has 0 aliphatic heterocycles. The predicted molar refractivity (Wildman–Crippen MR) is 93.1 cm³/mol. The Balaban J connectivity index is 2.34. The van der Waals surface area contributed by atoms with Crippen LogP contribution in [0, 0.1) is 0 Å². The predicted octanol–water partition coefficient (Wildman–Crippen LogP) is 1.65. The molecular formula is C18H20O6P2-4. The smallest absolute Gasteiger partial charge is 0.0173 e. The molecule has 2 aromatic rings. The van der Waals surface area contributed by atoms with E-state index in [1.165, 1.54) is 27.7 Å². The molecule has 0 radical (unpaired) electrons. The quantitative estimate of drug-likeness (QED) is 0.710. The van der Waals surface area contributed by atoms with Gasteiger partial charge < -0.3 is 28.7 Å². The first-order chi connectivity index (χ1) is 11.7. The van der Waals surface area contributed by atoms with Gasteiger partial charge in [-0.2, -0.15) is 0 Å². The van der Waals surface area contributed by atoms with Crippen LogP contribution in [0.25, 0.3) is 11.1 Å². The summed E-state index contributed by atoms with van der Waals surface area (Å²) in [5, 5.41) is -3.02. The van der Waals surface area contributed by atoms with Gasteiger partial charge >= 0.3 is 0 Å². The Morgan fingerprint density at radius 3 is 1.00 bits per heavy atom. The Labute approximate surface area is 153 Å². The second-order valence-corrected chi connectivity index (χ2v) is 11.5. The van der Waals surface area contributed by atoms with E-state index >= 15 is 0 Å². The van der Waals surface area contributed by atoms with Gasteiger partial charge in [0.15, 0.2) is 0 Å². The second kappa shape index (κ2) is 6.72. The van der Waals surface area contributed by atoms with Crippen molar-refractivity contribution in [2.75, 3.05) is 0 Å². The van der Waals surface area contributed by atoms with Crippen molar-refractivity contribution in [2.24, 2.45) is 0 Å². The molecule has 6 nitrogen and oxygen atoms in total. The van der Waals surface area contributed by atoms with Crippen LogP contribution in [-0.4, -0.2) is 0 Å². The number of benzene rings is 2. The van der Waals surface area contributed by atoms with E-state index < -0.39 is 25.5 Å². The van der Waals surface area contributed by atoms with Crippen LogP contribution in [0.2, 0.25) is 0 Å². The minimum Gasteiger partial charge on any atom is -0.810 e. The molecule has 0 amide bonds. The van der Waals surface area contributed by atoms with Crippen molar-refractivity contribution in [1.82, 2.24) is 0 Å². The fourth-order valence-corrected chi connectivity index (χ4v) is 3.39. The summed E-state index contributed by atoms with van der Waals surface area (Å²) >= 11 is 0. The van der Waals surface area contributed by atoms with Crippen LogP contribution >= 0.6 is 15.2 Å². The molecule has 0 unspecified atom stereocenters. The van der Waals surface area contributed by atoms with Crippen LogP contribution < -0.4 is 19.6 Å². The first kappa shape index (κ1) is 21.0. The van der Waals surface area contributed by atoms with Crippen LogP contribution in [0.15, 0.2) is 48.5 Å². The van der Waals surface area contributed by atoms with E-state index in [4.69, 9.17) is 0 Å². The van der Waals surface area contributed by atoms with Crippen molar-refractivity contribution in [3.8, 4) is 11.1 Å². The molecule has 2 aromatic carbocycles. The molecule has 0 aliphatic carbocycles. The molecule has 0 fully saturated rings. The standard InChI is InChI=1S/C18H24O6P2/c1-17(2,25(19,20)21)15-9-5-13(6-10-15)14-7-11-16(12-8-14)18(3,4)26(22,23)24/h5-12H,1-4H3,(H2,19,20,21)(H2,22,23,24)/p-4. The van der Waals surface area contributed by atoms with E-state index in [2.05, 4.69) is 0 Å². The Kier molecular flexibility index (Phi) is 5.44. The molecule has 0 saturated heterocycles. The fraction of sp³-hybridized carbons (Fsp3) is 0.333. The van der Waals surface area contributed by atoms with E-state index in [0.29, 0.717) is 11.1 Å². The fourth-order valence-electron chi connectivity index (χ4n) is 2.46. The topological polar surface area (TPSA) is 126 Å². The van der Waals surface area contributed by atoms with E-state index in [1.807, 2.05) is 0 Å². The summed E-state index contributed by atoms with van der Waals surface area (Å²) in [7, 11) is -9.61. The van der Waals surface area contributed by atoms with Crippen LogP contribution in [-0.2, 0) is 19.4 Å². The van der Waals surface area contributed by atoms with Gasteiger partial charge in [0, 0.05) is 10.3 Å². The van der Waals surface area contributed by atoms with Crippen molar-refractivity contribution in [2.45, 2.75) is 38.0 Å². The molecular weight excluding hydrogens is 374 g/mol. The maximum absolute atomic E-state index is 11.4. The highest BCUT2D eigenvalue weighted by Crippen LogP contribution is 2.51. The Morgan fingerprint density at radius 1 is 0.577 bits per heavy atom. The van der Waals surface area contributed by atoms with Gasteiger partial charge in [0.2, 0.25) is 0 Å². The molecule has 0 aliphatic rings. The lowest BCUT2D eigenvalue weighted by Gasteiger charge is -2.45. The monoisotopic (exact) mass is 394 g/mol. The number of hydrogen-bond acceptors (Lipinski definition) is 6. The van der Waals surface area contributed by atoms with E-state index in [9.17, 15) is 28.7 Å². The molecule has 0 aromatic heterocycles. The summed E-state index contributed by atoms with van der Waals surface area (Å²) in [6, 6.07) is 13.1. The zero-order valence-corrected chi connectivity index (χ0v) is 16.8. The van der Waals surface area contributed by atoms with Crippen molar-refractivity contribution in [3.63, 3.8) is 0 Å². The third-order valence-corrected chi connectivity index (χ3v) is 8.14. The van der Waals surface area contributed by atoms with Gasteiger partial charge in [-0.1, -0.05) is 91.4 Å². The molecule has 8 heteroatoms. The summed E-state index contributed by atoms with van der Waals surface area (Å²) in [4.78, 5) is 45.7. The number of rotatable bonds is 5. The van der Waals surface area contributed by atoms with Gasteiger partial charge in [0.25, 0.3) is 0 Å². The van der Waals surface area contributed by atoms with Crippen LogP contribution in [0.1, 0.15) is 38.8 Å². The highest BCUT2D eigenvalue weighted by atomic mass is 31.2. The lowest BCUT2D eigenvalue weighted by Crippen LogP contribution is -2.31. The van der Waals surface area contributed by atoms with Crippen LogP contribution in [0.5, 0.6) is 0 Å². The number of hydrogen-bond donors (Lipinski definition) is 0. The van der Waals surface area contributed by atoms with Gasteiger partial charge in [-0.3, -0.25) is 0 Å². The maximum atomic E-state index is 11.4. The highest BCUT2D eigenvalue weighted by Gasteiger charge is 2.26. The maximum Gasteiger partial charge on any atom is 0.0173 e. The summed E-state index contributed by atoms with van der Waals surface area (Å²) in [5.74, 6) is 0. The Morgan fingerprint density at radius 2 is 0.808 bits per heavy atom. The largest absolute Gasteiger partial charge is 0.810 e. The SMILES string of the molecule is CC(C)(c1ccc(-c2ccc(C(C)(C)P(=O)([O-])[O-])cc2)cc1)P(=O)([O-])[O-]. The summed E-state index contributed by atoms with van der Waals surface area (Å²) in [5.41, 5.74) is 2.33. The molecule has 0 atom stereocenters. The lowest BCUT2D eigenvalue weighted by molar-refractivity contribution is -0.322. The minimum absolute atomic E-state index is 0.394. The highest BCUT2D eigenvalue weighted by molar-refractivity contribution is 7.50. The Hall–Kier alpha value is -1.26. The van der Waals surface area contributed by atoms with Gasteiger partial charge in [-0.25, -0.2) is 0 Å². The molecule has 0 bridgehead atoms. The summed E-state index contributed by atoms with van der Waals surface area (Å²) in [6.07, 6.45) is 0. The third kappa shape index (κ3) is 3.86. The van der Waals surface area contributed by atoms with Gasteiger partial charge in [-0.05, 0) is 22.3 Å². The Bertz CT molecular complexity index is 797. The van der Waals surface area contributed by atoms with E-state index in [1.54, 1.807) is 48.5 Å². The van der Waals surface area contributed by atoms with Gasteiger partial charge in [-0.15, -0.1) is 0 Å². The first-order valence-electron chi connectivity index (χ1n) is 7.94. The zero-order chi connectivity index (χ0) is 20.0. The van der Waals surface area contributed by atoms with Crippen molar-refractivity contribution < 1.29 is 28.7 Å². The summed E-state index contributed by atoms with van der Waals surface area (Å²) < 4.78 is 22.8. The second-order valence-electron chi connectivity index (χ2n) is 7.27. The molecule has 0 saturated carbocycles. The average Bonchev–Trinajstić information content (AvgIpc) is 2.53. The van der Waals surface area contributed by atoms with Crippen molar-refractivity contribution in [3.05, 3.63) is 59.7 Å². The van der Waals surface area contributed by atoms with E-state index in [0.717, 1.165) is 11.1 Å². The van der Waals surface area contributed by atoms with E-state index in [-0.39, 0.29) is 0 Å². The lowest BCUT2D eigenvalue weighted by atomic mass is 9.95. The van der Waals surface area contributed by atoms with Crippen molar-refractivity contribution >= 4 is 15.2 Å². The summed E-state index contributed by atoms with van der Waals surface area (Å²) in [6.45, 7) is 5.46. The first-order valence-corrected chi connectivity index (χ1v) is 11.0. The molecule has 26 heavy (non-hydrogen) atoms. The van der Waals surface area contributed by atoms with Crippen molar-refractivity contribution in [1.29, 1.82) is 0 Å². The van der Waals surface area contributed by atoms with Gasteiger partial charge in [0.05, 0.1) is 0 Å². The third-order valence-electron chi connectivity index (χ3n) is 4.89. The normalized spacial score (nSPS) is 13.7. The molecule has 0 heterocycles. The molecule has 0 N–H and O–H groups in total. The minimum atomic E-state index is -4.80. The molecule has 2 rings (SSSR count). The van der Waals surface area contributed by atoms with Gasteiger partial charge in [0.1, 0.15) is 0 Å². The zero-order valence-electron chi connectivity index (χ0n) is 15.0. The molecule has 0 spiro atoms. The molecule has 142 valence electrons. The van der Waals surface area contributed by atoms with Crippen LogP contribution in [0.3, 0.4) is 0 Å².